The second-order valence-electron chi connectivity index (χ2n) is 4.66. The number of hydrogen-bond acceptors (Lipinski definition) is 4. The fraction of sp³-hybridized carbons (Fsp3) is 0.357. The lowest BCUT2D eigenvalue weighted by molar-refractivity contribution is -0.133. The van der Waals surface area contributed by atoms with E-state index in [1.807, 2.05) is 37.5 Å². The number of nitrogens with zero attached hydrogens (tertiary/aromatic N) is 3. The Hall–Kier alpha value is -1.34. The summed E-state index contributed by atoms with van der Waals surface area (Å²) in [6, 6.07) is 4.07. The third-order valence-electron chi connectivity index (χ3n) is 3.02. The first-order valence-corrected chi connectivity index (χ1v) is 8.28. The molecule has 0 bridgehead atoms. The molecule has 0 aliphatic rings. The maximum atomic E-state index is 10.8. The average Bonchev–Trinajstić information content (AvgIpc) is 2.78. The van der Waals surface area contributed by atoms with Gasteiger partial charge in [0.05, 0.1) is 11.4 Å². The lowest BCUT2D eigenvalue weighted by Crippen LogP contribution is -2.07. The smallest absolute Gasteiger partial charge is 0.313 e. The lowest BCUT2D eigenvalue weighted by Gasteiger charge is -2.15. The van der Waals surface area contributed by atoms with Gasteiger partial charge in [0, 0.05) is 10.9 Å². The number of carboxylic acid groups (broad SMARTS) is 1. The monoisotopic (exact) mass is 369 g/mol. The molecule has 0 fully saturated rings. The van der Waals surface area contributed by atoms with Crippen LogP contribution >= 0.6 is 27.7 Å². The van der Waals surface area contributed by atoms with Crippen LogP contribution in [0.2, 0.25) is 0 Å². The van der Waals surface area contributed by atoms with Crippen molar-refractivity contribution in [2.45, 2.75) is 32.3 Å². The van der Waals surface area contributed by atoms with Crippen LogP contribution in [0, 0.1) is 13.8 Å². The number of benzene rings is 1. The van der Waals surface area contributed by atoms with E-state index in [1.54, 1.807) is 0 Å². The lowest BCUT2D eigenvalue weighted by atomic mass is 10.1. The van der Waals surface area contributed by atoms with Crippen LogP contribution in [0.4, 0.5) is 0 Å². The van der Waals surface area contributed by atoms with Crippen LogP contribution in [0.25, 0.3) is 5.69 Å². The van der Waals surface area contributed by atoms with E-state index >= 15 is 0 Å². The molecule has 0 radical (unpaired) electrons. The SMILES string of the molecule is CCc1nnc(SCC(=O)O)n1-c1c(C)cc(Br)cc1C. The van der Waals surface area contributed by atoms with Gasteiger partial charge in [0.25, 0.3) is 0 Å². The Bertz CT molecular complexity index is 662. The molecule has 2 aromatic rings. The average molecular weight is 370 g/mol. The molecule has 0 aliphatic carbocycles. The van der Waals surface area contributed by atoms with Crippen molar-refractivity contribution in [3.8, 4) is 5.69 Å². The minimum atomic E-state index is -0.864. The van der Waals surface area contributed by atoms with Gasteiger partial charge < -0.3 is 5.11 Å². The van der Waals surface area contributed by atoms with Crippen LogP contribution in [0.5, 0.6) is 0 Å². The van der Waals surface area contributed by atoms with Gasteiger partial charge in [-0.3, -0.25) is 9.36 Å². The van der Waals surface area contributed by atoms with E-state index in [-0.39, 0.29) is 5.75 Å². The molecule has 0 atom stereocenters. The van der Waals surface area contributed by atoms with Crippen LogP contribution in [0.1, 0.15) is 23.9 Å². The first kappa shape index (κ1) is 16.0. The van der Waals surface area contributed by atoms with Gasteiger partial charge in [-0.1, -0.05) is 34.6 Å². The van der Waals surface area contributed by atoms with Crippen molar-refractivity contribution in [2.75, 3.05) is 5.75 Å². The fourth-order valence-electron chi connectivity index (χ4n) is 2.23. The molecule has 1 aromatic carbocycles. The highest BCUT2D eigenvalue weighted by molar-refractivity contribution is 9.10. The summed E-state index contributed by atoms with van der Waals surface area (Å²) in [5.74, 6) is -0.0653. The molecule has 21 heavy (non-hydrogen) atoms. The van der Waals surface area contributed by atoms with Crippen molar-refractivity contribution in [3.63, 3.8) is 0 Å². The molecule has 0 aliphatic heterocycles. The molecule has 1 N–H and O–H groups in total. The molecule has 0 saturated carbocycles. The van der Waals surface area contributed by atoms with E-state index in [1.165, 1.54) is 11.8 Å². The summed E-state index contributed by atoms with van der Waals surface area (Å²) in [6.45, 7) is 6.06. The quantitative estimate of drug-likeness (QED) is 0.818. The summed E-state index contributed by atoms with van der Waals surface area (Å²) >= 11 is 4.68. The Morgan fingerprint density at radius 3 is 2.48 bits per heavy atom. The Kier molecular flexibility index (Phi) is 5.05. The number of hydrogen-bond donors (Lipinski definition) is 1. The molecule has 0 unspecified atom stereocenters. The van der Waals surface area contributed by atoms with E-state index in [9.17, 15) is 4.79 Å². The number of carbonyl (C=O) groups is 1. The zero-order valence-corrected chi connectivity index (χ0v) is 14.5. The van der Waals surface area contributed by atoms with Crippen LogP contribution in [-0.4, -0.2) is 31.6 Å². The minimum Gasteiger partial charge on any atom is -0.481 e. The fourth-order valence-corrected chi connectivity index (χ4v) is 3.59. The molecule has 0 saturated heterocycles. The van der Waals surface area contributed by atoms with Gasteiger partial charge in [0.15, 0.2) is 5.16 Å². The first-order chi connectivity index (χ1) is 9.93. The number of aromatic nitrogens is 3. The van der Waals surface area contributed by atoms with Crippen LogP contribution in [0.15, 0.2) is 21.8 Å². The second-order valence-corrected chi connectivity index (χ2v) is 6.52. The summed E-state index contributed by atoms with van der Waals surface area (Å²) < 4.78 is 2.98. The molecular formula is C14H16BrN3O2S. The van der Waals surface area contributed by atoms with Crippen LogP contribution in [0.3, 0.4) is 0 Å². The molecule has 1 aromatic heterocycles. The number of carboxylic acids is 1. The zero-order valence-electron chi connectivity index (χ0n) is 12.1. The number of halogens is 1. The third kappa shape index (κ3) is 3.47. The Morgan fingerprint density at radius 2 is 1.95 bits per heavy atom. The van der Waals surface area contributed by atoms with Crippen LogP contribution < -0.4 is 0 Å². The Labute approximate surface area is 135 Å². The number of aryl methyl sites for hydroxylation is 3. The standard InChI is InChI=1S/C14H16BrN3O2S/c1-4-11-16-17-14(21-7-12(19)20)18(11)13-8(2)5-10(15)6-9(13)3/h5-6H,4,7H2,1-3H3,(H,19,20). The molecule has 112 valence electrons. The van der Waals surface area contributed by atoms with E-state index in [0.29, 0.717) is 5.16 Å². The third-order valence-corrected chi connectivity index (χ3v) is 4.39. The highest BCUT2D eigenvalue weighted by Crippen LogP contribution is 2.29. The topological polar surface area (TPSA) is 68.0 Å². The van der Waals surface area contributed by atoms with Gasteiger partial charge >= 0.3 is 5.97 Å². The second kappa shape index (κ2) is 6.62. The molecule has 5 nitrogen and oxygen atoms in total. The summed E-state index contributed by atoms with van der Waals surface area (Å²) in [7, 11) is 0. The maximum absolute atomic E-state index is 10.8. The molecule has 1 heterocycles. The van der Waals surface area contributed by atoms with E-state index in [0.717, 1.165) is 33.5 Å². The normalized spacial score (nSPS) is 10.9. The molecule has 0 spiro atoms. The van der Waals surface area contributed by atoms with Crippen LogP contribution in [-0.2, 0) is 11.2 Å². The van der Waals surface area contributed by atoms with E-state index < -0.39 is 5.97 Å². The summed E-state index contributed by atoms with van der Waals surface area (Å²) in [6.07, 6.45) is 0.732. The number of aliphatic carboxylic acids is 1. The van der Waals surface area contributed by atoms with E-state index in [2.05, 4.69) is 26.1 Å². The van der Waals surface area contributed by atoms with Gasteiger partial charge in [-0.25, -0.2) is 0 Å². The van der Waals surface area contributed by atoms with Gasteiger partial charge in [-0.2, -0.15) is 0 Å². The predicted octanol–water partition coefficient (Wildman–Crippen LogP) is 3.39. The largest absolute Gasteiger partial charge is 0.481 e. The zero-order chi connectivity index (χ0) is 15.6. The maximum Gasteiger partial charge on any atom is 0.313 e. The number of thioether (sulfide) groups is 1. The van der Waals surface area contributed by atoms with Gasteiger partial charge in [0.1, 0.15) is 5.82 Å². The van der Waals surface area contributed by atoms with Crippen molar-refractivity contribution >= 4 is 33.7 Å². The predicted molar refractivity (Wildman–Crippen MR) is 86.3 cm³/mol. The van der Waals surface area contributed by atoms with Gasteiger partial charge in [-0.05, 0) is 37.1 Å². The molecular weight excluding hydrogens is 354 g/mol. The molecule has 7 heteroatoms. The highest BCUT2D eigenvalue weighted by Gasteiger charge is 2.17. The van der Waals surface area contributed by atoms with Gasteiger partial charge in [-0.15, -0.1) is 10.2 Å². The van der Waals surface area contributed by atoms with Crippen molar-refractivity contribution in [2.24, 2.45) is 0 Å². The highest BCUT2D eigenvalue weighted by atomic mass is 79.9. The number of rotatable bonds is 5. The first-order valence-electron chi connectivity index (χ1n) is 6.50. The van der Waals surface area contributed by atoms with Crippen molar-refractivity contribution in [1.29, 1.82) is 0 Å². The Balaban J connectivity index is 2.56. The molecule has 0 amide bonds. The van der Waals surface area contributed by atoms with Crippen molar-refractivity contribution in [3.05, 3.63) is 33.6 Å². The summed E-state index contributed by atoms with van der Waals surface area (Å²) in [5, 5.41) is 17.8. The summed E-state index contributed by atoms with van der Waals surface area (Å²) in [4.78, 5) is 10.8. The molecule has 2 rings (SSSR count). The van der Waals surface area contributed by atoms with Crippen molar-refractivity contribution < 1.29 is 9.90 Å². The van der Waals surface area contributed by atoms with Crippen molar-refractivity contribution in [1.82, 2.24) is 14.8 Å². The summed E-state index contributed by atoms with van der Waals surface area (Å²) in [5.41, 5.74) is 3.20. The van der Waals surface area contributed by atoms with E-state index in [4.69, 9.17) is 5.11 Å². The van der Waals surface area contributed by atoms with Gasteiger partial charge in [0.2, 0.25) is 0 Å². The Morgan fingerprint density at radius 1 is 1.33 bits per heavy atom. The minimum absolute atomic E-state index is 0.0313.